The van der Waals surface area contributed by atoms with E-state index < -0.39 is 5.60 Å². The number of rotatable bonds is 5. The fourth-order valence-corrected chi connectivity index (χ4v) is 4.14. The number of carbonyl (C=O) groups excluding carboxylic acids is 1. The fraction of sp³-hybridized carbons (Fsp3) is 0.333. The van der Waals surface area contributed by atoms with Crippen LogP contribution in [0, 0.1) is 0 Å². The van der Waals surface area contributed by atoms with E-state index in [1.54, 1.807) is 11.1 Å². The summed E-state index contributed by atoms with van der Waals surface area (Å²) >= 11 is 0. The lowest BCUT2D eigenvalue weighted by Crippen LogP contribution is -2.42. The molecule has 1 aliphatic rings. The van der Waals surface area contributed by atoms with Gasteiger partial charge in [0.2, 0.25) is 5.88 Å². The Kier molecular flexibility index (Phi) is 6.45. The monoisotopic (exact) mass is 487 g/mol. The van der Waals surface area contributed by atoms with Crippen molar-refractivity contribution in [3.05, 3.63) is 67.1 Å². The Hall–Kier alpha value is -4.14. The molecule has 0 spiro atoms. The van der Waals surface area contributed by atoms with Crippen molar-refractivity contribution in [3.63, 3.8) is 0 Å². The zero-order valence-corrected chi connectivity index (χ0v) is 20.6. The second-order valence-corrected chi connectivity index (χ2v) is 9.69. The highest BCUT2D eigenvalue weighted by atomic mass is 16.6. The third kappa shape index (κ3) is 5.40. The summed E-state index contributed by atoms with van der Waals surface area (Å²) in [6.45, 7) is 6.80. The molecule has 0 atom stereocenters. The Balaban J connectivity index is 1.30. The van der Waals surface area contributed by atoms with E-state index in [4.69, 9.17) is 14.2 Å². The Morgan fingerprint density at radius 3 is 2.19 bits per heavy atom. The first-order valence-electron chi connectivity index (χ1n) is 12.0. The number of ether oxygens (including phenoxy) is 3. The molecule has 0 bridgehead atoms. The first-order chi connectivity index (χ1) is 17.4. The zero-order valence-electron chi connectivity index (χ0n) is 20.6. The van der Waals surface area contributed by atoms with Crippen molar-refractivity contribution in [2.75, 3.05) is 13.1 Å². The second kappa shape index (κ2) is 9.85. The molecule has 3 heterocycles. The third-order valence-electron chi connectivity index (χ3n) is 5.83. The summed E-state index contributed by atoms with van der Waals surface area (Å²) in [7, 11) is 0. The van der Waals surface area contributed by atoms with Gasteiger partial charge in [-0.2, -0.15) is 10.1 Å². The minimum atomic E-state index is -0.512. The number of amides is 1. The highest BCUT2D eigenvalue weighted by molar-refractivity contribution is 5.79. The highest BCUT2D eigenvalue weighted by Gasteiger charge is 2.29. The van der Waals surface area contributed by atoms with Crippen molar-refractivity contribution in [3.8, 4) is 23.1 Å². The van der Waals surface area contributed by atoms with Crippen molar-refractivity contribution < 1.29 is 19.0 Å². The van der Waals surface area contributed by atoms with Gasteiger partial charge in [0.05, 0.1) is 12.2 Å². The van der Waals surface area contributed by atoms with Crippen LogP contribution in [0.5, 0.6) is 23.1 Å². The lowest BCUT2D eigenvalue weighted by atomic mass is 10.1. The first kappa shape index (κ1) is 23.6. The molecule has 5 rings (SSSR count). The first-order valence-corrected chi connectivity index (χ1v) is 12.0. The molecule has 1 fully saturated rings. The highest BCUT2D eigenvalue weighted by Crippen LogP contribution is 2.33. The zero-order chi connectivity index (χ0) is 25.1. The van der Waals surface area contributed by atoms with Crippen molar-refractivity contribution >= 4 is 17.1 Å². The van der Waals surface area contributed by atoms with E-state index in [0.29, 0.717) is 36.0 Å². The molecule has 2 aromatic carbocycles. The minimum absolute atomic E-state index is 0.0937. The van der Waals surface area contributed by atoms with Crippen LogP contribution in [0.1, 0.15) is 39.7 Å². The molecular weight excluding hydrogens is 458 g/mol. The Morgan fingerprint density at radius 1 is 0.889 bits per heavy atom. The van der Waals surface area contributed by atoms with E-state index in [-0.39, 0.29) is 12.1 Å². The Bertz CT molecular complexity index is 1320. The average molecular weight is 488 g/mol. The van der Waals surface area contributed by atoms with Gasteiger partial charge in [-0.25, -0.2) is 9.78 Å². The topological polar surface area (TPSA) is 91.6 Å². The standard InChI is InChI=1S/C27H29N5O4/c1-27(2,3)36-26(33)31-15-13-19(14-16-31)32-24-23(17-30-32)28-18-29-25(24)35-22-11-9-21(10-12-22)34-20-7-5-4-6-8-20/h4-12,17-19H,13-16H2,1-3H3. The molecule has 4 aromatic rings. The molecule has 2 aromatic heterocycles. The van der Waals surface area contributed by atoms with Gasteiger partial charge in [0, 0.05) is 13.1 Å². The van der Waals surface area contributed by atoms with Gasteiger partial charge in [-0.05, 0) is 70.0 Å². The number of piperidine rings is 1. The van der Waals surface area contributed by atoms with Crippen LogP contribution in [0.3, 0.4) is 0 Å². The maximum absolute atomic E-state index is 12.4. The maximum atomic E-state index is 12.4. The van der Waals surface area contributed by atoms with E-state index in [2.05, 4.69) is 15.1 Å². The summed E-state index contributed by atoms with van der Waals surface area (Å²) in [6.07, 6.45) is 4.41. The summed E-state index contributed by atoms with van der Waals surface area (Å²) in [4.78, 5) is 22.9. The second-order valence-electron chi connectivity index (χ2n) is 9.69. The molecule has 0 radical (unpaired) electrons. The number of hydrogen-bond donors (Lipinski definition) is 0. The molecule has 36 heavy (non-hydrogen) atoms. The number of aromatic nitrogens is 4. The molecular formula is C27H29N5O4. The Morgan fingerprint density at radius 2 is 1.53 bits per heavy atom. The molecule has 0 N–H and O–H groups in total. The fourth-order valence-electron chi connectivity index (χ4n) is 4.14. The maximum Gasteiger partial charge on any atom is 0.410 e. The minimum Gasteiger partial charge on any atom is -0.457 e. The summed E-state index contributed by atoms with van der Waals surface area (Å²) < 4.78 is 19.4. The molecule has 186 valence electrons. The van der Waals surface area contributed by atoms with Gasteiger partial charge in [0.1, 0.15) is 40.2 Å². The van der Waals surface area contributed by atoms with Gasteiger partial charge in [-0.3, -0.25) is 4.68 Å². The largest absolute Gasteiger partial charge is 0.457 e. The van der Waals surface area contributed by atoms with Gasteiger partial charge in [0.15, 0.2) is 0 Å². The van der Waals surface area contributed by atoms with Crippen LogP contribution in [-0.2, 0) is 4.74 Å². The number of benzene rings is 2. The Labute approximate surface area is 209 Å². The predicted molar refractivity (Wildman–Crippen MR) is 134 cm³/mol. The number of carbonyl (C=O) groups is 1. The summed E-state index contributed by atoms with van der Waals surface area (Å²) in [6, 6.07) is 17.1. The van der Waals surface area contributed by atoms with Gasteiger partial charge in [-0.15, -0.1) is 0 Å². The lowest BCUT2D eigenvalue weighted by molar-refractivity contribution is 0.0186. The number of nitrogens with zero attached hydrogens (tertiary/aromatic N) is 5. The van der Waals surface area contributed by atoms with Gasteiger partial charge < -0.3 is 19.1 Å². The molecule has 0 unspecified atom stereocenters. The molecule has 9 heteroatoms. The van der Waals surface area contributed by atoms with E-state index in [1.165, 1.54) is 6.33 Å². The summed E-state index contributed by atoms with van der Waals surface area (Å²) in [5.41, 5.74) is 0.929. The van der Waals surface area contributed by atoms with Crippen LogP contribution in [0.25, 0.3) is 11.0 Å². The molecule has 1 saturated heterocycles. The van der Waals surface area contributed by atoms with Gasteiger partial charge in [0.25, 0.3) is 0 Å². The molecule has 0 aliphatic carbocycles. The van der Waals surface area contributed by atoms with E-state index in [0.717, 1.165) is 24.1 Å². The van der Waals surface area contributed by atoms with Crippen molar-refractivity contribution in [2.24, 2.45) is 0 Å². The SMILES string of the molecule is CC(C)(C)OC(=O)N1CCC(n2ncc3ncnc(Oc4ccc(Oc5ccccc5)cc4)c32)CC1. The van der Waals surface area contributed by atoms with Crippen molar-refractivity contribution in [1.29, 1.82) is 0 Å². The molecule has 9 nitrogen and oxygen atoms in total. The number of para-hydroxylation sites is 1. The smallest absolute Gasteiger partial charge is 0.410 e. The number of hydrogen-bond acceptors (Lipinski definition) is 7. The van der Waals surface area contributed by atoms with Crippen molar-refractivity contribution in [1.82, 2.24) is 24.6 Å². The summed E-state index contributed by atoms with van der Waals surface area (Å²) in [5.74, 6) is 2.54. The predicted octanol–water partition coefficient (Wildman–Crippen LogP) is 5.98. The van der Waals surface area contributed by atoms with Crippen LogP contribution in [0.15, 0.2) is 67.1 Å². The molecule has 1 aliphatic heterocycles. The molecule has 1 amide bonds. The van der Waals surface area contributed by atoms with Crippen LogP contribution >= 0.6 is 0 Å². The summed E-state index contributed by atoms with van der Waals surface area (Å²) in [5, 5.41) is 4.59. The van der Waals surface area contributed by atoms with Crippen LogP contribution in [-0.4, -0.2) is 49.4 Å². The molecule has 0 saturated carbocycles. The van der Waals surface area contributed by atoms with Crippen LogP contribution in [0.2, 0.25) is 0 Å². The average Bonchev–Trinajstić information content (AvgIpc) is 3.30. The van der Waals surface area contributed by atoms with Gasteiger partial charge >= 0.3 is 6.09 Å². The normalized spacial score (nSPS) is 14.6. The van der Waals surface area contributed by atoms with E-state index in [1.807, 2.05) is 80.1 Å². The van der Waals surface area contributed by atoms with Crippen LogP contribution in [0.4, 0.5) is 4.79 Å². The van der Waals surface area contributed by atoms with E-state index >= 15 is 0 Å². The lowest BCUT2D eigenvalue weighted by Gasteiger charge is -2.33. The van der Waals surface area contributed by atoms with Crippen molar-refractivity contribution in [2.45, 2.75) is 45.3 Å². The van der Waals surface area contributed by atoms with Crippen LogP contribution < -0.4 is 9.47 Å². The number of fused-ring (bicyclic) bond motifs is 1. The van der Waals surface area contributed by atoms with Gasteiger partial charge in [-0.1, -0.05) is 18.2 Å². The third-order valence-corrected chi connectivity index (χ3v) is 5.83. The van der Waals surface area contributed by atoms with E-state index in [9.17, 15) is 4.79 Å². The quantitative estimate of drug-likeness (QED) is 0.342. The number of likely N-dealkylation sites (tertiary alicyclic amines) is 1.